The summed E-state index contributed by atoms with van der Waals surface area (Å²) in [5.74, 6) is 1.07. The van der Waals surface area contributed by atoms with E-state index in [0.717, 1.165) is 21.5 Å². The molecule has 0 spiro atoms. The summed E-state index contributed by atoms with van der Waals surface area (Å²) in [6.07, 6.45) is 1.83. The third kappa shape index (κ3) is 4.80. The maximum atomic E-state index is 13.0. The quantitative estimate of drug-likeness (QED) is 0.572. The lowest BCUT2D eigenvalue weighted by atomic mass is 10.2. The molecule has 0 aliphatic heterocycles. The van der Waals surface area contributed by atoms with Gasteiger partial charge in [-0.1, -0.05) is 18.2 Å². The molecular formula is C18H16BrFN4OS. The molecule has 0 radical (unpaired) electrons. The van der Waals surface area contributed by atoms with Crippen molar-refractivity contribution in [2.45, 2.75) is 6.54 Å². The summed E-state index contributed by atoms with van der Waals surface area (Å²) in [6, 6.07) is 13.8. The van der Waals surface area contributed by atoms with Crippen molar-refractivity contribution in [3.05, 3.63) is 70.6 Å². The minimum absolute atomic E-state index is 0.258. The van der Waals surface area contributed by atoms with E-state index in [1.165, 1.54) is 12.1 Å². The Kier molecular flexibility index (Phi) is 5.85. The number of halogens is 2. The van der Waals surface area contributed by atoms with Gasteiger partial charge < -0.3 is 15.4 Å². The lowest BCUT2D eigenvalue weighted by molar-refractivity contribution is 0.415. The smallest absolute Gasteiger partial charge is 0.176 e. The number of benzene rings is 2. The Morgan fingerprint density at radius 2 is 2.00 bits per heavy atom. The molecule has 1 aromatic heterocycles. The molecule has 3 rings (SSSR count). The SMILES string of the molecule is COc1cccc(NC(=S)Nc2nn(Cc3ccc(F)cc3)cc2Br)c1. The van der Waals surface area contributed by atoms with Gasteiger partial charge in [0.15, 0.2) is 10.9 Å². The Bertz CT molecular complexity index is 914. The van der Waals surface area contributed by atoms with Gasteiger partial charge in [-0.25, -0.2) is 4.39 Å². The summed E-state index contributed by atoms with van der Waals surface area (Å²) in [5, 5.41) is 11.0. The lowest BCUT2D eigenvalue weighted by Gasteiger charge is -2.10. The highest BCUT2D eigenvalue weighted by Crippen LogP contribution is 2.22. The van der Waals surface area contributed by atoms with E-state index >= 15 is 0 Å². The van der Waals surface area contributed by atoms with E-state index in [9.17, 15) is 4.39 Å². The van der Waals surface area contributed by atoms with Crippen LogP contribution in [0.15, 0.2) is 59.2 Å². The number of rotatable bonds is 5. The van der Waals surface area contributed by atoms with E-state index in [1.807, 2.05) is 30.5 Å². The minimum atomic E-state index is -0.258. The van der Waals surface area contributed by atoms with Crippen LogP contribution in [0.5, 0.6) is 5.75 Å². The van der Waals surface area contributed by atoms with Crippen molar-refractivity contribution in [2.24, 2.45) is 0 Å². The standard InChI is InChI=1S/C18H16BrFN4OS/c1-25-15-4-2-3-14(9-15)21-18(26)22-17-16(19)11-24(23-17)10-12-5-7-13(20)8-6-12/h2-9,11H,10H2,1H3,(H2,21,22,23,26). The monoisotopic (exact) mass is 434 g/mol. The van der Waals surface area contributed by atoms with Gasteiger partial charge in [0, 0.05) is 18.0 Å². The molecular weight excluding hydrogens is 419 g/mol. The van der Waals surface area contributed by atoms with E-state index in [-0.39, 0.29) is 5.82 Å². The molecule has 2 aromatic carbocycles. The van der Waals surface area contributed by atoms with Gasteiger partial charge >= 0.3 is 0 Å². The molecule has 0 atom stereocenters. The van der Waals surface area contributed by atoms with Crippen LogP contribution in [0, 0.1) is 5.82 Å². The van der Waals surface area contributed by atoms with E-state index in [2.05, 4.69) is 31.7 Å². The number of ether oxygens (including phenoxy) is 1. The van der Waals surface area contributed by atoms with Crippen molar-refractivity contribution in [1.82, 2.24) is 9.78 Å². The van der Waals surface area contributed by atoms with Gasteiger partial charge in [-0.3, -0.25) is 4.68 Å². The molecule has 0 amide bonds. The Morgan fingerprint density at radius 1 is 1.23 bits per heavy atom. The third-order valence-electron chi connectivity index (χ3n) is 3.53. The molecule has 0 fully saturated rings. The van der Waals surface area contributed by atoms with Gasteiger partial charge in [-0.2, -0.15) is 5.10 Å². The van der Waals surface area contributed by atoms with E-state index in [4.69, 9.17) is 17.0 Å². The summed E-state index contributed by atoms with van der Waals surface area (Å²) in [4.78, 5) is 0. The molecule has 26 heavy (non-hydrogen) atoms. The summed E-state index contributed by atoms with van der Waals surface area (Å²) in [5.41, 5.74) is 1.76. The highest BCUT2D eigenvalue weighted by molar-refractivity contribution is 9.10. The van der Waals surface area contributed by atoms with Crippen LogP contribution in [-0.4, -0.2) is 22.0 Å². The van der Waals surface area contributed by atoms with Crippen LogP contribution in [0.1, 0.15) is 5.56 Å². The molecule has 8 heteroatoms. The third-order valence-corrected chi connectivity index (χ3v) is 4.32. The second-order valence-corrected chi connectivity index (χ2v) is 6.72. The van der Waals surface area contributed by atoms with Gasteiger partial charge in [0.05, 0.1) is 18.1 Å². The number of hydrogen-bond acceptors (Lipinski definition) is 3. The van der Waals surface area contributed by atoms with Crippen molar-refractivity contribution in [3.63, 3.8) is 0 Å². The first kappa shape index (κ1) is 18.3. The van der Waals surface area contributed by atoms with E-state index < -0.39 is 0 Å². The molecule has 0 aliphatic carbocycles. The second-order valence-electron chi connectivity index (χ2n) is 5.46. The number of thiocarbonyl (C=S) groups is 1. The van der Waals surface area contributed by atoms with Crippen molar-refractivity contribution in [3.8, 4) is 5.75 Å². The number of nitrogens with one attached hydrogen (secondary N) is 2. The summed E-state index contributed by atoms with van der Waals surface area (Å²) >= 11 is 8.80. The van der Waals surface area contributed by atoms with Crippen LogP contribution in [0.3, 0.4) is 0 Å². The molecule has 1 heterocycles. The Morgan fingerprint density at radius 3 is 2.73 bits per heavy atom. The van der Waals surface area contributed by atoms with Gasteiger partial charge in [0.25, 0.3) is 0 Å². The molecule has 3 aromatic rings. The first-order valence-electron chi connectivity index (χ1n) is 7.73. The molecule has 0 bridgehead atoms. The fourth-order valence-corrected chi connectivity index (χ4v) is 2.94. The van der Waals surface area contributed by atoms with Crippen molar-refractivity contribution in [2.75, 3.05) is 17.7 Å². The van der Waals surface area contributed by atoms with Crippen LogP contribution in [0.4, 0.5) is 15.9 Å². The molecule has 2 N–H and O–H groups in total. The molecule has 0 unspecified atom stereocenters. The fraction of sp³-hybridized carbons (Fsp3) is 0.111. The second kappa shape index (κ2) is 8.29. The van der Waals surface area contributed by atoms with Gasteiger partial charge in [0.1, 0.15) is 11.6 Å². The number of methoxy groups -OCH3 is 1. The minimum Gasteiger partial charge on any atom is -0.497 e. The number of nitrogens with zero attached hydrogens (tertiary/aromatic N) is 2. The van der Waals surface area contributed by atoms with Gasteiger partial charge in [-0.05, 0) is 58.0 Å². The number of anilines is 2. The molecule has 0 saturated heterocycles. The van der Waals surface area contributed by atoms with Crippen LogP contribution in [-0.2, 0) is 6.54 Å². The van der Waals surface area contributed by atoms with Crippen LogP contribution < -0.4 is 15.4 Å². The zero-order valence-electron chi connectivity index (χ0n) is 13.9. The summed E-state index contributed by atoms with van der Waals surface area (Å²) in [6.45, 7) is 0.524. The number of hydrogen-bond donors (Lipinski definition) is 2. The van der Waals surface area contributed by atoms with Crippen molar-refractivity contribution in [1.29, 1.82) is 0 Å². The summed E-state index contributed by atoms with van der Waals surface area (Å²) < 4.78 is 20.7. The zero-order chi connectivity index (χ0) is 18.5. The largest absolute Gasteiger partial charge is 0.497 e. The maximum Gasteiger partial charge on any atom is 0.176 e. The highest BCUT2D eigenvalue weighted by Gasteiger charge is 2.09. The molecule has 5 nitrogen and oxygen atoms in total. The topological polar surface area (TPSA) is 51.1 Å². The zero-order valence-corrected chi connectivity index (χ0v) is 16.3. The first-order valence-corrected chi connectivity index (χ1v) is 8.93. The van der Waals surface area contributed by atoms with Crippen LogP contribution in [0.2, 0.25) is 0 Å². The fourth-order valence-electron chi connectivity index (χ4n) is 2.31. The maximum absolute atomic E-state index is 13.0. The Labute approximate surface area is 164 Å². The Balaban J connectivity index is 1.65. The lowest BCUT2D eigenvalue weighted by Crippen LogP contribution is -2.19. The predicted octanol–water partition coefficient (Wildman–Crippen LogP) is 4.65. The Hall–Kier alpha value is -2.45. The number of aromatic nitrogens is 2. The van der Waals surface area contributed by atoms with E-state index in [1.54, 1.807) is 23.9 Å². The average Bonchev–Trinajstić information content (AvgIpc) is 2.96. The molecule has 134 valence electrons. The van der Waals surface area contributed by atoms with E-state index in [0.29, 0.717) is 17.5 Å². The van der Waals surface area contributed by atoms with Gasteiger partial charge in [-0.15, -0.1) is 0 Å². The van der Waals surface area contributed by atoms with Crippen LogP contribution in [0.25, 0.3) is 0 Å². The van der Waals surface area contributed by atoms with Gasteiger partial charge in [0.2, 0.25) is 0 Å². The van der Waals surface area contributed by atoms with Crippen molar-refractivity contribution >= 4 is 44.8 Å². The predicted molar refractivity (Wildman–Crippen MR) is 108 cm³/mol. The normalized spacial score (nSPS) is 10.4. The van der Waals surface area contributed by atoms with Crippen molar-refractivity contribution < 1.29 is 9.13 Å². The highest BCUT2D eigenvalue weighted by atomic mass is 79.9. The average molecular weight is 435 g/mol. The van der Waals surface area contributed by atoms with Crippen LogP contribution >= 0.6 is 28.1 Å². The first-order chi connectivity index (χ1) is 12.5. The summed E-state index contributed by atoms with van der Waals surface area (Å²) in [7, 11) is 1.61. The molecule has 0 saturated carbocycles. The molecule has 0 aliphatic rings.